The van der Waals surface area contributed by atoms with Gasteiger partial charge in [-0.2, -0.15) is 4.31 Å². The molecule has 1 N–H and O–H groups in total. The van der Waals surface area contributed by atoms with Crippen LogP contribution in [-0.4, -0.2) is 38.8 Å². The molecule has 2 aromatic carbocycles. The molecule has 0 saturated heterocycles. The number of carbonyl (C=O) groups is 1. The van der Waals surface area contributed by atoms with Crippen molar-refractivity contribution in [3.63, 3.8) is 0 Å². The summed E-state index contributed by atoms with van der Waals surface area (Å²) in [6.45, 7) is 4.12. The summed E-state index contributed by atoms with van der Waals surface area (Å²) in [5.41, 5.74) is 0.749. The maximum atomic E-state index is 12.8. The van der Waals surface area contributed by atoms with Gasteiger partial charge in [0, 0.05) is 24.2 Å². The van der Waals surface area contributed by atoms with Gasteiger partial charge in [-0.25, -0.2) is 8.42 Å². The number of ether oxygens (including phenoxy) is 1. The second-order valence-corrected chi connectivity index (χ2v) is 8.49. The summed E-state index contributed by atoms with van der Waals surface area (Å²) in [4.78, 5) is 12.6. The molecule has 1 heterocycles. The van der Waals surface area contributed by atoms with E-state index in [1.807, 2.05) is 0 Å². The van der Waals surface area contributed by atoms with Crippen LogP contribution in [0.1, 0.15) is 24.4 Å². The lowest BCUT2D eigenvalue weighted by molar-refractivity contribution is 0.0998. The standard InChI is InChI=1S/C20H21ClN2O5S/c1-4-23(5-2)29(25,26)18-12-14(9-10-15(18)21)22-20(24)17-11-13-7-6-8-16(27-3)19(13)28-17/h6-12H,4-5H2,1-3H3,(H,22,24). The SMILES string of the molecule is CCN(CC)S(=O)(=O)c1cc(NC(=O)c2cc3cccc(OC)c3o2)ccc1Cl. The van der Waals surface area contributed by atoms with Crippen molar-refractivity contribution in [3.8, 4) is 5.75 Å². The van der Waals surface area contributed by atoms with E-state index in [0.717, 1.165) is 5.39 Å². The topological polar surface area (TPSA) is 88.9 Å². The number of halogens is 1. The van der Waals surface area contributed by atoms with E-state index in [9.17, 15) is 13.2 Å². The Morgan fingerprint density at radius 1 is 1.17 bits per heavy atom. The van der Waals surface area contributed by atoms with Crippen molar-refractivity contribution in [2.24, 2.45) is 0 Å². The monoisotopic (exact) mass is 436 g/mol. The maximum Gasteiger partial charge on any atom is 0.291 e. The fourth-order valence-electron chi connectivity index (χ4n) is 2.98. The number of carbonyl (C=O) groups excluding carboxylic acids is 1. The zero-order valence-electron chi connectivity index (χ0n) is 16.2. The van der Waals surface area contributed by atoms with Gasteiger partial charge in [0.1, 0.15) is 4.90 Å². The van der Waals surface area contributed by atoms with Gasteiger partial charge in [0.25, 0.3) is 5.91 Å². The Morgan fingerprint density at radius 3 is 2.55 bits per heavy atom. The lowest BCUT2D eigenvalue weighted by Gasteiger charge is -2.19. The number of nitrogens with zero attached hydrogens (tertiary/aromatic N) is 1. The molecule has 0 saturated carbocycles. The molecule has 1 amide bonds. The lowest BCUT2D eigenvalue weighted by atomic mass is 10.2. The van der Waals surface area contributed by atoms with Crippen LogP contribution in [0.2, 0.25) is 5.02 Å². The number of benzene rings is 2. The average Bonchev–Trinajstić information content (AvgIpc) is 3.14. The van der Waals surface area contributed by atoms with Crippen LogP contribution in [0.15, 0.2) is 51.8 Å². The number of methoxy groups -OCH3 is 1. The fourth-order valence-corrected chi connectivity index (χ4v) is 4.94. The molecule has 0 aliphatic rings. The van der Waals surface area contributed by atoms with E-state index in [1.165, 1.54) is 29.6 Å². The number of nitrogens with one attached hydrogen (secondary N) is 1. The predicted octanol–water partition coefficient (Wildman–Crippen LogP) is 4.38. The van der Waals surface area contributed by atoms with Crippen LogP contribution < -0.4 is 10.1 Å². The Labute approximate surface area is 174 Å². The van der Waals surface area contributed by atoms with E-state index in [2.05, 4.69) is 5.32 Å². The quantitative estimate of drug-likeness (QED) is 0.593. The number of furan rings is 1. The number of anilines is 1. The molecule has 1 aromatic heterocycles. The minimum atomic E-state index is -3.77. The first-order valence-corrected chi connectivity index (χ1v) is 10.8. The Hall–Kier alpha value is -2.55. The number of amides is 1. The molecule has 7 nitrogen and oxygen atoms in total. The highest BCUT2D eigenvalue weighted by atomic mass is 35.5. The number of fused-ring (bicyclic) bond motifs is 1. The molecule has 0 fully saturated rings. The molecule has 9 heteroatoms. The normalized spacial score (nSPS) is 11.8. The summed E-state index contributed by atoms with van der Waals surface area (Å²) in [6.07, 6.45) is 0. The molecular formula is C20H21ClN2O5S. The summed E-state index contributed by atoms with van der Waals surface area (Å²) >= 11 is 6.13. The molecule has 0 unspecified atom stereocenters. The summed E-state index contributed by atoms with van der Waals surface area (Å²) in [7, 11) is -2.26. The van der Waals surface area contributed by atoms with Gasteiger partial charge in [-0.1, -0.05) is 37.6 Å². The van der Waals surface area contributed by atoms with Crippen molar-refractivity contribution in [2.45, 2.75) is 18.7 Å². The van der Waals surface area contributed by atoms with Gasteiger partial charge >= 0.3 is 0 Å². The second kappa shape index (κ2) is 8.44. The Kier molecular flexibility index (Phi) is 6.16. The van der Waals surface area contributed by atoms with Crippen molar-refractivity contribution in [1.82, 2.24) is 4.31 Å². The first-order valence-electron chi connectivity index (χ1n) is 8.99. The molecule has 154 valence electrons. The Morgan fingerprint density at radius 2 is 1.90 bits per heavy atom. The van der Waals surface area contributed by atoms with Crippen molar-refractivity contribution >= 4 is 44.2 Å². The second-order valence-electron chi connectivity index (χ2n) is 6.18. The van der Waals surface area contributed by atoms with Gasteiger partial charge < -0.3 is 14.5 Å². The van der Waals surface area contributed by atoms with E-state index in [4.69, 9.17) is 20.8 Å². The highest BCUT2D eigenvalue weighted by Crippen LogP contribution is 2.30. The van der Waals surface area contributed by atoms with Crippen LogP contribution in [0, 0.1) is 0 Å². The Bertz CT molecular complexity index is 1150. The average molecular weight is 437 g/mol. The summed E-state index contributed by atoms with van der Waals surface area (Å²) in [6, 6.07) is 11.2. The maximum absolute atomic E-state index is 12.8. The first-order chi connectivity index (χ1) is 13.8. The number of hydrogen-bond donors (Lipinski definition) is 1. The van der Waals surface area contributed by atoms with Gasteiger partial charge in [-0.3, -0.25) is 4.79 Å². The summed E-state index contributed by atoms with van der Waals surface area (Å²) in [5.74, 6) is 0.0741. The van der Waals surface area contributed by atoms with Crippen LogP contribution in [0.25, 0.3) is 11.0 Å². The van der Waals surface area contributed by atoms with Crippen LogP contribution in [0.5, 0.6) is 5.75 Å². The molecule has 29 heavy (non-hydrogen) atoms. The van der Waals surface area contributed by atoms with Crippen LogP contribution >= 0.6 is 11.6 Å². The predicted molar refractivity (Wildman–Crippen MR) is 112 cm³/mol. The molecular weight excluding hydrogens is 416 g/mol. The minimum absolute atomic E-state index is 0.0630. The lowest BCUT2D eigenvalue weighted by Crippen LogP contribution is -2.30. The summed E-state index contributed by atoms with van der Waals surface area (Å²) in [5, 5.41) is 3.46. The van der Waals surface area contributed by atoms with Crippen LogP contribution in [0.4, 0.5) is 5.69 Å². The molecule has 0 aliphatic heterocycles. The van der Waals surface area contributed by atoms with Crippen molar-refractivity contribution < 1.29 is 22.4 Å². The zero-order chi connectivity index (χ0) is 21.2. The van der Waals surface area contributed by atoms with Gasteiger partial charge in [-0.05, 0) is 30.3 Å². The zero-order valence-corrected chi connectivity index (χ0v) is 17.8. The van der Waals surface area contributed by atoms with Gasteiger partial charge in [0.2, 0.25) is 10.0 Å². The Balaban J connectivity index is 1.92. The summed E-state index contributed by atoms with van der Waals surface area (Å²) < 4.78 is 37.8. The van der Waals surface area contributed by atoms with E-state index < -0.39 is 15.9 Å². The van der Waals surface area contributed by atoms with Crippen LogP contribution in [0.3, 0.4) is 0 Å². The van der Waals surface area contributed by atoms with Gasteiger partial charge in [0.05, 0.1) is 12.1 Å². The third-order valence-corrected chi connectivity index (χ3v) is 7.00. The van der Waals surface area contributed by atoms with Crippen LogP contribution in [-0.2, 0) is 10.0 Å². The third-order valence-electron chi connectivity index (χ3n) is 4.46. The number of hydrogen-bond acceptors (Lipinski definition) is 5. The highest BCUT2D eigenvalue weighted by Gasteiger charge is 2.25. The molecule has 0 spiro atoms. The van der Waals surface area contributed by atoms with E-state index >= 15 is 0 Å². The number of rotatable bonds is 7. The fraction of sp³-hybridized carbons (Fsp3) is 0.250. The molecule has 0 atom stereocenters. The highest BCUT2D eigenvalue weighted by molar-refractivity contribution is 7.89. The number of sulfonamides is 1. The molecule has 3 rings (SSSR count). The van der Waals surface area contributed by atoms with Crippen molar-refractivity contribution in [2.75, 3.05) is 25.5 Å². The smallest absolute Gasteiger partial charge is 0.291 e. The van der Waals surface area contributed by atoms with E-state index in [0.29, 0.717) is 24.4 Å². The number of para-hydroxylation sites is 1. The molecule has 3 aromatic rings. The van der Waals surface area contributed by atoms with Gasteiger partial charge in [0.15, 0.2) is 17.1 Å². The van der Waals surface area contributed by atoms with Crippen molar-refractivity contribution in [1.29, 1.82) is 0 Å². The molecule has 0 bridgehead atoms. The minimum Gasteiger partial charge on any atom is -0.493 e. The first kappa shape index (κ1) is 21.2. The molecule has 0 radical (unpaired) electrons. The van der Waals surface area contributed by atoms with E-state index in [1.54, 1.807) is 38.1 Å². The van der Waals surface area contributed by atoms with E-state index in [-0.39, 0.29) is 21.4 Å². The molecule has 0 aliphatic carbocycles. The third kappa shape index (κ3) is 4.10. The largest absolute Gasteiger partial charge is 0.493 e. The van der Waals surface area contributed by atoms with Crippen molar-refractivity contribution in [3.05, 3.63) is 53.2 Å². The van der Waals surface area contributed by atoms with Gasteiger partial charge in [-0.15, -0.1) is 0 Å².